The van der Waals surface area contributed by atoms with Crippen molar-refractivity contribution in [2.45, 2.75) is 26.2 Å². The number of hydrogen-bond acceptors (Lipinski definition) is 8. The number of amides is 1. The van der Waals surface area contributed by atoms with Gasteiger partial charge in [0.15, 0.2) is 11.5 Å². The normalized spacial score (nSPS) is 10.7. The van der Waals surface area contributed by atoms with E-state index < -0.39 is 17.2 Å². The minimum absolute atomic E-state index is 0.0318. The Morgan fingerprint density at radius 1 is 1.24 bits per heavy atom. The molecule has 29 heavy (non-hydrogen) atoms. The molecule has 0 saturated carbocycles. The molecule has 1 aromatic heterocycles. The first-order chi connectivity index (χ1) is 14.0. The minimum atomic E-state index is -0.704. The Hall–Kier alpha value is -3.63. The topological polar surface area (TPSA) is 148 Å². The highest BCUT2D eigenvalue weighted by molar-refractivity contribution is 5.84. The lowest BCUT2D eigenvalue weighted by atomic mass is 10.2. The summed E-state index contributed by atoms with van der Waals surface area (Å²) in [5.74, 6) is 1.04. The summed E-state index contributed by atoms with van der Waals surface area (Å²) in [7, 11) is 3.03. The van der Waals surface area contributed by atoms with Crippen molar-refractivity contribution < 1.29 is 19.0 Å². The third-order valence-electron chi connectivity index (χ3n) is 3.71. The lowest BCUT2D eigenvalue weighted by Crippen LogP contribution is -2.28. The molecule has 1 amide bonds. The largest absolute Gasteiger partial charge is 0.493 e. The number of aromatic amines is 2. The molecule has 0 spiro atoms. The van der Waals surface area contributed by atoms with Crippen molar-refractivity contribution in [2.24, 2.45) is 5.10 Å². The molecule has 2 rings (SSSR count). The number of methoxy groups -OCH3 is 2. The van der Waals surface area contributed by atoms with Gasteiger partial charge in [-0.2, -0.15) is 10.2 Å². The van der Waals surface area contributed by atoms with Crippen molar-refractivity contribution >= 4 is 12.1 Å². The van der Waals surface area contributed by atoms with E-state index in [4.69, 9.17) is 14.2 Å². The van der Waals surface area contributed by atoms with Crippen molar-refractivity contribution in [3.63, 3.8) is 0 Å². The Labute approximate surface area is 166 Å². The maximum absolute atomic E-state index is 11.9. The van der Waals surface area contributed by atoms with Gasteiger partial charge >= 0.3 is 5.69 Å². The predicted molar refractivity (Wildman–Crippen MR) is 105 cm³/mol. The number of carbonyl (C=O) groups excluding carboxylic acids is 1. The maximum atomic E-state index is 11.9. The molecule has 0 atom stereocenters. The quantitative estimate of drug-likeness (QED) is 0.381. The van der Waals surface area contributed by atoms with Crippen LogP contribution in [0.15, 0.2) is 26.8 Å². The molecule has 1 heterocycles. The fourth-order valence-corrected chi connectivity index (χ4v) is 2.33. The highest BCUT2D eigenvalue weighted by atomic mass is 16.5. The van der Waals surface area contributed by atoms with Gasteiger partial charge in [0.2, 0.25) is 11.7 Å². The second-order valence-corrected chi connectivity index (χ2v) is 5.85. The SMILES string of the molecule is CCCOc1c(OC)cc(/C=N/NC(=O)CCc2n[nH]c(=O)[nH]c2=O)cc1OC. The van der Waals surface area contributed by atoms with Gasteiger partial charge < -0.3 is 14.2 Å². The lowest BCUT2D eigenvalue weighted by Gasteiger charge is -2.14. The molecule has 3 N–H and O–H groups in total. The zero-order chi connectivity index (χ0) is 21.2. The summed E-state index contributed by atoms with van der Waals surface area (Å²) in [6, 6.07) is 3.40. The Balaban J connectivity index is 2.00. The summed E-state index contributed by atoms with van der Waals surface area (Å²) in [6.07, 6.45) is 2.29. The molecular formula is C18H23N5O6. The van der Waals surface area contributed by atoms with Crippen LogP contribution in [0.4, 0.5) is 0 Å². The van der Waals surface area contributed by atoms with Crippen molar-refractivity contribution in [3.05, 3.63) is 44.2 Å². The second kappa shape index (κ2) is 10.6. The van der Waals surface area contributed by atoms with Gasteiger partial charge in [-0.3, -0.25) is 14.6 Å². The zero-order valence-electron chi connectivity index (χ0n) is 16.4. The summed E-state index contributed by atoms with van der Waals surface area (Å²) in [5.41, 5.74) is 1.71. The Bertz CT molecular complexity index is 956. The third kappa shape index (κ3) is 6.19. The maximum Gasteiger partial charge on any atom is 0.342 e. The van der Waals surface area contributed by atoms with Crippen LogP contribution in [0.3, 0.4) is 0 Å². The molecule has 0 fully saturated rings. The fourth-order valence-electron chi connectivity index (χ4n) is 2.33. The second-order valence-electron chi connectivity index (χ2n) is 5.85. The van der Waals surface area contributed by atoms with E-state index in [-0.39, 0.29) is 18.5 Å². The predicted octanol–water partition coefficient (Wildman–Crippen LogP) is 0.347. The Morgan fingerprint density at radius 2 is 1.93 bits per heavy atom. The molecule has 0 aliphatic carbocycles. The van der Waals surface area contributed by atoms with Gasteiger partial charge in [-0.1, -0.05) is 6.92 Å². The summed E-state index contributed by atoms with van der Waals surface area (Å²) in [4.78, 5) is 36.4. The highest BCUT2D eigenvalue weighted by Crippen LogP contribution is 2.38. The van der Waals surface area contributed by atoms with E-state index >= 15 is 0 Å². The Morgan fingerprint density at radius 3 is 2.52 bits per heavy atom. The van der Waals surface area contributed by atoms with E-state index in [1.807, 2.05) is 11.9 Å². The van der Waals surface area contributed by atoms with Gasteiger partial charge in [0, 0.05) is 18.4 Å². The van der Waals surface area contributed by atoms with Gasteiger partial charge in [-0.15, -0.1) is 0 Å². The molecule has 2 aromatic rings. The van der Waals surface area contributed by atoms with Crippen molar-refractivity contribution in [2.75, 3.05) is 20.8 Å². The van der Waals surface area contributed by atoms with Crippen LogP contribution in [0.25, 0.3) is 0 Å². The van der Waals surface area contributed by atoms with Gasteiger partial charge in [-0.05, 0) is 18.6 Å². The molecule has 1 aromatic carbocycles. The number of rotatable bonds is 10. The van der Waals surface area contributed by atoms with E-state index in [0.29, 0.717) is 29.4 Å². The van der Waals surface area contributed by atoms with Crippen LogP contribution in [-0.4, -0.2) is 48.1 Å². The first-order valence-electron chi connectivity index (χ1n) is 8.87. The molecule has 11 heteroatoms. The van der Waals surface area contributed by atoms with Crippen LogP contribution in [0, 0.1) is 0 Å². The van der Waals surface area contributed by atoms with Crippen molar-refractivity contribution in [1.29, 1.82) is 0 Å². The first-order valence-corrected chi connectivity index (χ1v) is 8.87. The molecule has 0 unspecified atom stereocenters. The van der Waals surface area contributed by atoms with Gasteiger partial charge in [0.25, 0.3) is 5.56 Å². The number of aryl methyl sites for hydroxylation is 1. The Kier molecular flexibility index (Phi) is 7.95. The number of hydrazone groups is 1. The summed E-state index contributed by atoms with van der Waals surface area (Å²) in [6.45, 7) is 2.51. The minimum Gasteiger partial charge on any atom is -0.493 e. The van der Waals surface area contributed by atoms with Crippen LogP contribution in [-0.2, 0) is 11.2 Å². The standard InChI is InChI=1S/C18H23N5O6/c1-4-7-29-16-13(27-2)8-11(9-14(16)28-3)10-19-22-15(24)6-5-12-17(25)20-18(26)23-21-12/h8-10H,4-7H2,1-3H3,(H,22,24)(H2,20,23,25,26)/b19-10+. The highest BCUT2D eigenvalue weighted by Gasteiger charge is 2.13. The van der Waals surface area contributed by atoms with Crippen LogP contribution >= 0.6 is 0 Å². The molecule has 0 bridgehead atoms. The third-order valence-corrected chi connectivity index (χ3v) is 3.71. The molecule has 11 nitrogen and oxygen atoms in total. The number of ether oxygens (including phenoxy) is 3. The van der Waals surface area contributed by atoms with Gasteiger partial charge in [0.05, 0.1) is 27.0 Å². The number of carbonyl (C=O) groups is 1. The lowest BCUT2D eigenvalue weighted by molar-refractivity contribution is -0.121. The molecule has 0 aliphatic heterocycles. The molecule has 0 aliphatic rings. The molecule has 0 radical (unpaired) electrons. The zero-order valence-corrected chi connectivity index (χ0v) is 16.4. The molecular weight excluding hydrogens is 382 g/mol. The number of H-pyrrole nitrogens is 2. The summed E-state index contributed by atoms with van der Waals surface area (Å²) in [5, 5.41) is 9.61. The van der Waals surface area contributed by atoms with Crippen LogP contribution in [0.2, 0.25) is 0 Å². The van der Waals surface area contributed by atoms with E-state index in [1.54, 1.807) is 12.1 Å². The van der Waals surface area contributed by atoms with Crippen molar-refractivity contribution in [1.82, 2.24) is 20.6 Å². The average molecular weight is 405 g/mol. The summed E-state index contributed by atoms with van der Waals surface area (Å²) >= 11 is 0. The van der Waals surface area contributed by atoms with Crippen molar-refractivity contribution in [3.8, 4) is 17.2 Å². The van der Waals surface area contributed by atoms with Crippen LogP contribution in [0.5, 0.6) is 17.2 Å². The van der Waals surface area contributed by atoms with Crippen LogP contribution < -0.4 is 30.9 Å². The number of hydrogen-bond donors (Lipinski definition) is 3. The number of benzene rings is 1. The van der Waals surface area contributed by atoms with Gasteiger partial charge in [0.1, 0.15) is 5.69 Å². The first kappa shape index (κ1) is 21.7. The monoisotopic (exact) mass is 405 g/mol. The number of nitrogens with zero attached hydrogens (tertiary/aromatic N) is 2. The van der Waals surface area contributed by atoms with E-state index in [1.165, 1.54) is 20.4 Å². The summed E-state index contributed by atoms with van der Waals surface area (Å²) < 4.78 is 16.4. The van der Waals surface area contributed by atoms with E-state index in [2.05, 4.69) is 20.7 Å². The average Bonchev–Trinajstić information content (AvgIpc) is 2.71. The van der Waals surface area contributed by atoms with E-state index in [0.717, 1.165) is 6.42 Å². The fraction of sp³-hybridized carbons (Fsp3) is 0.389. The van der Waals surface area contributed by atoms with E-state index in [9.17, 15) is 14.4 Å². The smallest absolute Gasteiger partial charge is 0.342 e. The molecule has 156 valence electrons. The molecule has 0 saturated heterocycles. The number of nitrogens with one attached hydrogen (secondary N) is 3. The van der Waals surface area contributed by atoms with Gasteiger partial charge in [-0.25, -0.2) is 15.3 Å². The number of aromatic nitrogens is 3. The van der Waals surface area contributed by atoms with Crippen LogP contribution in [0.1, 0.15) is 31.0 Å².